The second kappa shape index (κ2) is 56.9. The predicted molar refractivity (Wildman–Crippen MR) is 297 cm³/mol. The second-order valence-corrected chi connectivity index (χ2v) is 18.8. The van der Waals surface area contributed by atoms with Gasteiger partial charge in [0.05, 0.1) is 0 Å². The zero-order valence-electron chi connectivity index (χ0n) is 45.0. The van der Waals surface area contributed by atoms with Gasteiger partial charge in [-0.2, -0.15) is 0 Å². The molecular formula is C63H106O6. The van der Waals surface area contributed by atoms with Crippen molar-refractivity contribution in [3.05, 3.63) is 97.2 Å². The normalized spacial score (nSPS) is 12.4. The highest BCUT2D eigenvalue weighted by atomic mass is 16.6. The maximum absolute atomic E-state index is 12.9. The van der Waals surface area contributed by atoms with Gasteiger partial charge in [0.25, 0.3) is 0 Å². The van der Waals surface area contributed by atoms with Gasteiger partial charge in [0.1, 0.15) is 13.2 Å². The molecule has 69 heavy (non-hydrogen) atoms. The zero-order chi connectivity index (χ0) is 50.0. The molecule has 0 saturated heterocycles. The van der Waals surface area contributed by atoms with Crippen LogP contribution in [-0.2, 0) is 28.6 Å². The summed E-state index contributed by atoms with van der Waals surface area (Å²) in [5, 5.41) is 0. The van der Waals surface area contributed by atoms with Crippen LogP contribution in [0, 0.1) is 0 Å². The second-order valence-electron chi connectivity index (χ2n) is 18.8. The van der Waals surface area contributed by atoms with Gasteiger partial charge in [-0.15, -0.1) is 0 Å². The first kappa shape index (κ1) is 65.3. The minimum absolute atomic E-state index is 0.111. The van der Waals surface area contributed by atoms with Crippen molar-refractivity contribution in [3.8, 4) is 0 Å². The van der Waals surface area contributed by atoms with Gasteiger partial charge < -0.3 is 14.2 Å². The van der Waals surface area contributed by atoms with Crippen molar-refractivity contribution >= 4 is 17.9 Å². The highest BCUT2D eigenvalue weighted by Gasteiger charge is 2.19. The SMILES string of the molecule is CC/C=C\C/C=C\C/C=C\C/C=C\CCCCC(=O)OCC(COC(=O)CCCC/C=C\C/C=C\C/C=C\C/C=C\CC)OC(=O)CCCCCCCCCCCCCCCCCCCCCCC. The number of hydrogen-bond donors (Lipinski definition) is 0. The van der Waals surface area contributed by atoms with Crippen LogP contribution in [0.4, 0.5) is 0 Å². The van der Waals surface area contributed by atoms with E-state index in [-0.39, 0.29) is 31.1 Å². The van der Waals surface area contributed by atoms with Gasteiger partial charge in [-0.25, -0.2) is 0 Å². The Kier molecular flexibility index (Phi) is 53.9. The lowest BCUT2D eigenvalue weighted by molar-refractivity contribution is -0.167. The van der Waals surface area contributed by atoms with Crippen LogP contribution in [-0.4, -0.2) is 37.2 Å². The topological polar surface area (TPSA) is 78.9 Å². The summed E-state index contributed by atoms with van der Waals surface area (Å²) in [7, 11) is 0. The smallest absolute Gasteiger partial charge is 0.306 e. The molecule has 0 aliphatic carbocycles. The van der Waals surface area contributed by atoms with E-state index in [1.807, 2.05) is 0 Å². The molecular weight excluding hydrogens is 853 g/mol. The first-order valence-electron chi connectivity index (χ1n) is 28.7. The molecule has 0 N–H and O–H groups in total. The lowest BCUT2D eigenvalue weighted by Gasteiger charge is -2.18. The molecule has 0 bridgehead atoms. The predicted octanol–water partition coefficient (Wildman–Crippen LogP) is 19.3. The van der Waals surface area contributed by atoms with E-state index < -0.39 is 6.10 Å². The Morgan fingerprint density at radius 1 is 0.304 bits per heavy atom. The van der Waals surface area contributed by atoms with Crippen molar-refractivity contribution in [1.29, 1.82) is 0 Å². The van der Waals surface area contributed by atoms with Crippen LogP contribution in [0.25, 0.3) is 0 Å². The van der Waals surface area contributed by atoms with Crippen LogP contribution in [0.2, 0.25) is 0 Å². The van der Waals surface area contributed by atoms with Gasteiger partial charge in [-0.3, -0.25) is 14.4 Å². The standard InChI is InChI=1S/C63H106O6/c1-4-7-10-13-16-19-22-25-28-29-30-31-32-33-36-39-42-45-48-51-54-57-63(66)69-60(58-67-61(64)55-52-49-46-43-40-37-34-26-23-20-17-14-11-8-5-2)59-68-62(65)56-53-50-47-44-41-38-35-27-24-21-18-15-12-9-6-3/h8-9,11-12,17-18,20-21,26-27,34-35,40-41,43-44,60H,4-7,10,13-16,19,22-25,28-33,36-39,42,45-59H2,1-3H3/b11-8-,12-9-,20-17-,21-18-,34-26-,35-27-,43-40-,44-41-. The molecule has 0 aliphatic rings. The molecule has 0 unspecified atom stereocenters. The maximum Gasteiger partial charge on any atom is 0.306 e. The number of ether oxygens (including phenoxy) is 3. The van der Waals surface area contributed by atoms with Crippen LogP contribution in [0.1, 0.15) is 265 Å². The van der Waals surface area contributed by atoms with Crippen molar-refractivity contribution in [3.63, 3.8) is 0 Å². The fourth-order valence-electron chi connectivity index (χ4n) is 7.84. The summed E-state index contributed by atoms with van der Waals surface area (Å²) in [6.45, 7) is 6.35. The summed E-state index contributed by atoms with van der Waals surface area (Å²) in [4.78, 5) is 38.1. The fraction of sp³-hybridized carbons (Fsp3) is 0.698. The van der Waals surface area contributed by atoms with Crippen molar-refractivity contribution in [1.82, 2.24) is 0 Å². The summed E-state index contributed by atoms with van der Waals surface area (Å²) < 4.78 is 16.8. The van der Waals surface area contributed by atoms with Gasteiger partial charge in [0.15, 0.2) is 6.10 Å². The quantitative estimate of drug-likeness (QED) is 0.0262. The molecule has 0 rings (SSSR count). The Bertz CT molecular complexity index is 1310. The van der Waals surface area contributed by atoms with E-state index in [4.69, 9.17) is 14.2 Å². The average Bonchev–Trinajstić information content (AvgIpc) is 3.35. The molecule has 0 amide bonds. The number of unbranched alkanes of at least 4 members (excludes halogenated alkanes) is 24. The first-order valence-corrected chi connectivity index (χ1v) is 28.7. The molecule has 0 heterocycles. The van der Waals surface area contributed by atoms with E-state index in [2.05, 4.69) is 118 Å². The molecule has 0 aromatic heterocycles. The van der Waals surface area contributed by atoms with Crippen LogP contribution in [0.5, 0.6) is 0 Å². The Morgan fingerprint density at radius 3 is 0.884 bits per heavy atom. The van der Waals surface area contributed by atoms with Crippen LogP contribution in [0.3, 0.4) is 0 Å². The van der Waals surface area contributed by atoms with Crippen molar-refractivity contribution in [2.24, 2.45) is 0 Å². The third-order valence-electron chi connectivity index (χ3n) is 12.1. The Morgan fingerprint density at radius 2 is 0.565 bits per heavy atom. The van der Waals surface area contributed by atoms with E-state index in [1.165, 1.54) is 116 Å². The van der Waals surface area contributed by atoms with Crippen LogP contribution >= 0.6 is 0 Å². The summed E-state index contributed by atoms with van der Waals surface area (Å²) in [5.41, 5.74) is 0. The fourth-order valence-corrected chi connectivity index (χ4v) is 7.84. The van der Waals surface area contributed by atoms with Crippen molar-refractivity contribution < 1.29 is 28.6 Å². The first-order chi connectivity index (χ1) is 34.0. The molecule has 0 radical (unpaired) electrons. The largest absolute Gasteiger partial charge is 0.462 e. The van der Waals surface area contributed by atoms with Crippen molar-refractivity contribution in [2.75, 3.05) is 13.2 Å². The molecule has 0 atom stereocenters. The molecule has 0 spiro atoms. The number of hydrogen-bond acceptors (Lipinski definition) is 6. The number of allylic oxidation sites excluding steroid dienone is 16. The van der Waals surface area contributed by atoms with E-state index in [1.54, 1.807) is 0 Å². The minimum Gasteiger partial charge on any atom is -0.462 e. The Balaban J connectivity index is 4.44. The Hall–Kier alpha value is -3.67. The van der Waals surface area contributed by atoms with Gasteiger partial charge in [0, 0.05) is 19.3 Å². The van der Waals surface area contributed by atoms with Gasteiger partial charge in [0.2, 0.25) is 0 Å². The third-order valence-corrected chi connectivity index (χ3v) is 12.1. The van der Waals surface area contributed by atoms with Crippen LogP contribution < -0.4 is 0 Å². The number of carbonyl (C=O) groups is 3. The van der Waals surface area contributed by atoms with E-state index in [0.29, 0.717) is 19.3 Å². The molecule has 0 fully saturated rings. The Labute approximate surface area is 426 Å². The molecule has 0 saturated carbocycles. The molecule has 0 aliphatic heterocycles. The highest BCUT2D eigenvalue weighted by molar-refractivity contribution is 5.71. The summed E-state index contributed by atoms with van der Waals surface area (Å²) >= 11 is 0. The molecule has 0 aromatic rings. The zero-order valence-corrected chi connectivity index (χ0v) is 45.0. The number of esters is 3. The number of carbonyl (C=O) groups excluding carboxylic acids is 3. The lowest BCUT2D eigenvalue weighted by atomic mass is 10.0. The van der Waals surface area contributed by atoms with Crippen molar-refractivity contribution in [2.45, 2.75) is 271 Å². The van der Waals surface area contributed by atoms with Gasteiger partial charge >= 0.3 is 17.9 Å². The average molecular weight is 960 g/mol. The van der Waals surface area contributed by atoms with E-state index in [9.17, 15) is 14.4 Å². The molecule has 394 valence electrons. The molecule has 6 nitrogen and oxygen atoms in total. The van der Waals surface area contributed by atoms with E-state index in [0.717, 1.165) is 109 Å². The van der Waals surface area contributed by atoms with Gasteiger partial charge in [-0.1, -0.05) is 246 Å². The summed E-state index contributed by atoms with van der Waals surface area (Å²) in [6.07, 6.45) is 75.6. The molecule has 0 aromatic carbocycles. The monoisotopic (exact) mass is 959 g/mol. The summed E-state index contributed by atoms with van der Waals surface area (Å²) in [6, 6.07) is 0. The number of rotatable bonds is 51. The maximum atomic E-state index is 12.9. The minimum atomic E-state index is -0.811. The van der Waals surface area contributed by atoms with E-state index >= 15 is 0 Å². The van der Waals surface area contributed by atoms with Gasteiger partial charge in [-0.05, 0) is 96.3 Å². The third kappa shape index (κ3) is 55.1. The highest BCUT2D eigenvalue weighted by Crippen LogP contribution is 2.16. The van der Waals surface area contributed by atoms with Crippen LogP contribution in [0.15, 0.2) is 97.2 Å². The molecule has 6 heteroatoms. The summed E-state index contributed by atoms with van der Waals surface area (Å²) in [5.74, 6) is -0.985. The lowest BCUT2D eigenvalue weighted by Crippen LogP contribution is -2.30.